The second-order valence-corrected chi connectivity index (χ2v) is 16.5. The Morgan fingerprint density at radius 3 is 1.67 bits per heavy atom. The number of alkyl halides is 4. The lowest BCUT2D eigenvalue weighted by Gasteiger charge is -2.54. The van der Waals surface area contributed by atoms with E-state index in [-0.39, 0.29) is 44.2 Å². The summed E-state index contributed by atoms with van der Waals surface area (Å²) in [5.74, 6) is -1.76. The Morgan fingerprint density at radius 1 is 0.683 bits per heavy atom. The first-order chi connectivity index (χ1) is 29.9. The lowest BCUT2D eigenvalue weighted by molar-refractivity contribution is -0.136. The molecule has 2 saturated carbocycles. The number of methoxy groups -OCH3 is 2. The van der Waals surface area contributed by atoms with Crippen LogP contribution in [0, 0.1) is 0 Å². The third kappa shape index (κ3) is 8.83. The van der Waals surface area contributed by atoms with Gasteiger partial charge in [0.2, 0.25) is 11.2 Å². The third-order valence-corrected chi connectivity index (χ3v) is 11.7. The fraction of sp³-hybridized carbons (Fsp3) is 0.350. The summed E-state index contributed by atoms with van der Waals surface area (Å²) in [6, 6.07) is 10.9. The van der Waals surface area contributed by atoms with E-state index in [2.05, 4.69) is 35.2 Å². The number of nitrogens with one attached hydrogen (secondary N) is 1. The van der Waals surface area contributed by atoms with Gasteiger partial charge in [-0.05, 0) is 35.9 Å². The van der Waals surface area contributed by atoms with Crippen molar-refractivity contribution < 1.29 is 36.5 Å². The van der Waals surface area contributed by atoms with E-state index in [1.165, 1.54) is 6.20 Å². The Kier molecular flexibility index (Phi) is 11.5. The van der Waals surface area contributed by atoms with E-state index < -0.39 is 22.9 Å². The van der Waals surface area contributed by atoms with Gasteiger partial charge in [0, 0.05) is 75.7 Å². The maximum Gasteiger partial charge on any atom is 0.252 e. The third-order valence-electron chi connectivity index (χ3n) is 11.1. The molecule has 3 N–H and O–H groups in total. The van der Waals surface area contributed by atoms with Gasteiger partial charge in [-0.25, -0.2) is 37.5 Å². The number of anilines is 5. The second kappa shape index (κ2) is 16.6. The molecule has 4 aliphatic rings. The molecule has 2 aromatic carbocycles. The average molecular weight is 934 g/mol. The average Bonchev–Trinajstić information content (AvgIpc) is 3.87. The lowest BCUT2D eigenvalue weighted by Crippen LogP contribution is -2.66. The number of hydrogen-bond donors (Lipinski definition) is 2. The van der Waals surface area contributed by atoms with Gasteiger partial charge in [-0.15, -0.1) is 0 Å². The predicted molar refractivity (Wildman–Crippen MR) is 229 cm³/mol. The molecule has 16 nitrogen and oxygen atoms in total. The molecule has 2 fully saturated rings. The quantitative estimate of drug-likeness (QED) is 0.0929. The fourth-order valence-corrected chi connectivity index (χ4v) is 8.31. The molecule has 0 atom stereocenters. The van der Waals surface area contributed by atoms with Gasteiger partial charge in [0.05, 0.1) is 49.1 Å². The van der Waals surface area contributed by atoms with Crippen molar-refractivity contribution in [1.82, 2.24) is 39.0 Å². The second-order valence-electron chi connectivity index (χ2n) is 15.4. The number of ether oxygens (including phenoxy) is 4. The summed E-state index contributed by atoms with van der Waals surface area (Å²) in [5.41, 5.74) is 7.22. The van der Waals surface area contributed by atoms with Gasteiger partial charge < -0.3 is 48.9 Å². The minimum atomic E-state index is -2.67. The molecule has 6 heterocycles. The highest BCUT2D eigenvalue weighted by Crippen LogP contribution is 2.54. The lowest BCUT2D eigenvalue weighted by atomic mass is 9.72. The van der Waals surface area contributed by atoms with E-state index in [0.29, 0.717) is 62.3 Å². The number of nitrogens with two attached hydrogens (primary N) is 1. The summed E-state index contributed by atoms with van der Waals surface area (Å²) < 4.78 is 78.6. The number of aromatic nitrogens is 8. The highest BCUT2D eigenvalue weighted by Gasteiger charge is 2.62. The number of hydrogen-bond acceptors (Lipinski definition) is 14. The van der Waals surface area contributed by atoms with Gasteiger partial charge in [0.25, 0.3) is 11.8 Å². The summed E-state index contributed by atoms with van der Waals surface area (Å²) in [4.78, 5) is 28.1. The van der Waals surface area contributed by atoms with Crippen LogP contribution in [0.3, 0.4) is 0 Å². The standard InChI is InChI=1S/C20H19ClF2N6O2.C10H10ClF2N3O.C10H10ClN3O/c1-28-17-15(31-10-19(28)8-20(22,23)9-19)6-24-18(27-17)26-12-3-4-13(14(5-12)30-2)29-7-16(21)25-11-29;1-16-7-6(2-14-8(11)15-7)17-5-9(16)3-10(12,13)4-9;1-15-9-4-7(12)2-3-8(9)14-5-10(11)13-6-14/h3-7,11H,8-10H2,1-2H3,(H,24,26,27);2H,3-5H2,1H3;2-6H,12H2,1H3. The Bertz CT molecular complexity index is 2640. The van der Waals surface area contributed by atoms with Crippen molar-refractivity contribution in [1.29, 1.82) is 0 Å². The molecule has 2 aliphatic heterocycles. The largest absolute Gasteiger partial charge is 0.494 e. The summed E-state index contributed by atoms with van der Waals surface area (Å²) in [7, 11) is 6.66. The minimum absolute atomic E-state index is 0.0855. The normalized spacial score (nSPS) is 17.8. The van der Waals surface area contributed by atoms with Crippen LogP contribution in [0.2, 0.25) is 15.6 Å². The summed E-state index contributed by atoms with van der Waals surface area (Å²) in [5, 5.41) is 4.03. The number of nitrogens with zero attached hydrogens (tertiary/aromatic N) is 10. The van der Waals surface area contributed by atoms with Crippen LogP contribution in [0.15, 0.2) is 73.8 Å². The van der Waals surface area contributed by atoms with Gasteiger partial charge in [0.15, 0.2) is 23.1 Å². The zero-order chi connectivity index (χ0) is 44.9. The molecule has 63 heavy (non-hydrogen) atoms. The van der Waals surface area contributed by atoms with Crippen LogP contribution in [0.4, 0.5) is 46.5 Å². The van der Waals surface area contributed by atoms with E-state index in [1.807, 2.05) is 18.2 Å². The van der Waals surface area contributed by atoms with Gasteiger partial charge in [0.1, 0.15) is 47.7 Å². The number of rotatable bonds is 6. The molecule has 2 aliphatic carbocycles. The molecule has 23 heteroatoms. The Balaban J connectivity index is 0.000000143. The van der Waals surface area contributed by atoms with Gasteiger partial charge in [-0.1, -0.05) is 23.2 Å². The van der Waals surface area contributed by atoms with Crippen LogP contribution >= 0.6 is 34.8 Å². The van der Waals surface area contributed by atoms with Crippen LogP contribution in [-0.4, -0.2) is 103 Å². The Labute approximate surface area is 372 Å². The van der Waals surface area contributed by atoms with Crippen LogP contribution < -0.4 is 39.8 Å². The van der Waals surface area contributed by atoms with Crippen molar-refractivity contribution in [2.45, 2.75) is 48.6 Å². The molecule has 6 aromatic rings. The number of likely N-dealkylation sites (N-methyl/N-ethyl adjacent to an activating group) is 2. The number of fused-ring (bicyclic) bond motifs is 2. The van der Waals surface area contributed by atoms with E-state index >= 15 is 0 Å². The molecule has 332 valence electrons. The number of benzene rings is 2. The van der Waals surface area contributed by atoms with Crippen molar-refractivity contribution in [2.24, 2.45) is 0 Å². The molecule has 10 rings (SSSR count). The summed E-state index contributed by atoms with van der Waals surface area (Å²) in [6.45, 7) is 0.427. The molecular formula is C40H39Cl3F4N12O4. The first-order valence-electron chi connectivity index (χ1n) is 19.1. The summed E-state index contributed by atoms with van der Waals surface area (Å²) >= 11 is 17.3. The van der Waals surface area contributed by atoms with Crippen molar-refractivity contribution in [3.05, 3.63) is 89.4 Å². The molecule has 0 radical (unpaired) electrons. The van der Waals surface area contributed by atoms with Crippen molar-refractivity contribution in [2.75, 3.05) is 62.4 Å². The minimum Gasteiger partial charge on any atom is -0.494 e. The van der Waals surface area contributed by atoms with Gasteiger partial charge in [-0.3, -0.25) is 0 Å². The SMILES string of the molecule is CN1c2nc(Cl)ncc2OCC12CC(F)(F)C2.COc1cc(N)ccc1-n1cnc(Cl)c1.COc1cc(Nc2ncc3c(n2)N(C)C2(CO3)CC(F)(F)C2)ccc1-n1cnc(Cl)c1. The fourth-order valence-electron chi connectivity index (χ4n) is 7.88. The number of imidazole rings is 2. The number of nitrogen functional groups attached to an aromatic ring is 1. The first kappa shape index (κ1) is 43.7. The van der Waals surface area contributed by atoms with Crippen LogP contribution in [-0.2, 0) is 0 Å². The number of halogens is 7. The van der Waals surface area contributed by atoms with Crippen LogP contribution in [0.1, 0.15) is 25.7 Å². The zero-order valence-electron chi connectivity index (χ0n) is 34.0. The van der Waals surface area contributed by atoms with Gasteiger partial charge >= 0.3 is 0 Å². The first-order valence-corrected chi connectivity index (χ1v) is 20.2. The molecule has 0 saturated heterocycles. The molecule has 0 bridgehead atoms. The van der Waals surface area contributed by atoms with Gasteiger partial charge in [-0.2, -0.15) is 9.97 Å². The maximum absolute atomic E-state index is 13.6. The smallest absolute Gasteiger partial charge is 0.252 e. The molecule has 2 spiro atoms. The van der Waals surface area contributed by atoms with Crippen molar-refractivity contribution in [3.63, 3.8) is 0 Å². The highest BCUT2D eigenvalue weighted by atomic mass is 35.5. The Hall–Kier alpha value is -5.99. The Morgan fingerprint density at radius 2 is 1.17 bits per heavy atom. The van der Waals surface area contributed by atoms with E-state index in [0.717, 1.165) is 11.4 Å². The zero-order valence-corrected chi connectivity index (χ0v) is 36.3. The van der Waals surface area contributed by atoms with E-state index in [1.54, 1.807) is 96.7 Å². The maximum atomic E-state index is 13.6. The molecule has 0 unspecified atom stereocenters. The van der Waals surface area contributed by atoms with E-state index in [4.69, 9.17) is 59.5 Å². The van der Waals surface area contributed by atoms with Crippen LogP contribution in [0.5, 0.6) is 23.0 Å². The molecular weight excluding hydrogens is 895 g/mol. The molecule has 0 amide bonds. The van der Waals surface area contributed by atoms with E-state index in [9.17, 15) is 17.6 Å². The van der Waals surface area contributed by atoms with Crippen molar-refractivity contribution in [3.8, 4) is 34.4 Å². The van der Waals surface area contributed by atoms with Crippen molar-refractivity contribution >= 4 is 63.8 Å². The topological polar surface area (TPSA) is 169 Å². The van der Waals surface area contributed by atoms with Crippen LogP contribution in [0.25, 0.3) is 11.4 Å². The summed E-state index contributed by atoms with van der Waals surface area (Å²) in [6.07, 6.45) is 8.68. The molecule has 4 aromatic heterocycles. The predicted octanol–water partition coefficient (Wildman–Crippen LogP) is 8.31. The monoisotopic (exact) mass is 932 g/mol. The highest BCUT2D eigenvalue weighted by molar-refractivity contribution is 6.29.